The lowest BCUT2D eigenvalue weighted by Crippen LogP contribution is -2.38. The number of hydrogen-bond donors (Lipinski definition) is 2. The molecule has 2 atom stereocenters. The molecule has 0 saturated carbocycles. The third-order valence-corrected chi connectivity index (χ3v) is 3.90. The van der Waals surface area contributed by atoms with Crippen molar-refractivity contribution in [2.24, 2.45) is 0 Å². The van der Waals surface area contributed by atoms with Crippen LogP contribution in [0.3, 0.4) is 0 Å². The lowest BCUT2D eigenvalue weighted by molar-refractivity contribution is 0.0321. The van der Waals surface area contributed by atoms with Gasteiger partial charge in [-0.25, -0.2) is 4.98 Å². The second-order valence-corrected chi connectivity index (χ2v) is 5.93. The highest BCUT2D eigenvalue weighted by Crippen LogP contribution is 2.30. The number of carbonyl (C=O) groups excluding carboxylic acids is 1. The van der Waals surface area contributed by atoms with Gasteiger partial charge in [-0.1, -0.05) is 0 Å². The molecule has 1 aliphatic rings. The summed E-state index contributed by atoms with van der Waals surface area (Å²) in [5, 5.41) is 13.1. The third-order valence-electron chi connectivity index (χ3n) is 3.90. The number of aliphatic hydroxyl groups is 1. The van der Waals surface area contributed by atoms with Crippen molar-refractivity contribution in [1.82, 2.24) is 10.3 Å². The van der Waals surface area contributed by atoms with Crippen LogP contribution in [-0.4, -0.2) is 29.1 Å². The van der Waals surface area contributed by atoms with Crippen LogP contribution in [0, 0.1) is 6.92 Å². The maximum atomic E-state index is 12.3. The monoisotopic (exact) mass is 320 g/mol. The number of aromatic nitrogens is 1. The molecule has 7 nitrogen and oxygen atoms in total. The zero-order chi connectivity index (χ0) is 16.4. The molecule has 7 heteroatoms. The van der Waals surface area contributed by atoms with Gasteiger partial charge in [-0.15, -0.1) is 0 Å². The van der Waals surface area contributed by atoms with E-state index in [1.807, 2.05) is 0 Å². The van der Waals surface area contributed by atoms with Crippen LogP contribution in [0.15, 0.2) is 27.4 Å². The Bertz CT molecular complexity index is 682. The van der Waals surface area contributed by atoms with Crippen molar-refractivity contribution in [2.45, 2.75) is 38.4 Å². The number of carbonyl (C=O) groups is 1. The number of aryl methyl sites for hydroxylation is 1. The summed E-state index contributed by atoms with van der Waals surface area (Å²) >= 11 is 0. The quantitative estimate of drug-likeness (QED) is 0.875. The van der Waals surface area contributed by atoms with E-state index in [4.69, 9.17) is 13.6 Å². The molecule has 0 bridgehead atoms. The molecule has 2 aromatic heterocycles. The average molecular weight is 320 g/mol. The Morgan fingerprint density at radius 2 is 2.35 bits per heavy atom. The summed E-state index contributed by atoms with van der Waals surface area (Å²) in [6.07, 6.45) is 2.74. The van der Waals surface area contributed by atoms with Gasteiger partial charge >= 0.3 is 0 Å². The van der Waals surface area contributed by atoms with E-state index in [1.165, 1.54) is 6.39 Å². The first-order chi connectivity index (χ1) is 11.0. The van der Waals surface area contributed by atoms with Crippen LogP contribution in [0.25, 0.3) is 0 Å². The summed E-state index contributed by atoms with van der Waals surface area (Å²) in [7, 11) is 0. The fourth-order valence-electron chi connectivity index (χ4n) is 2.59. The normalized spacial score (nSPS) is 20.4. The fraction of sp³-hybridized carbons (Fsp3) is 0.500. The number of nitrogens with zero attached hydrogens (tertiary/aromatic N) is 1. The van der Waals surface area contributed by atoms with Gasteiger partial charge in [0, 0.05) is 6.61 Å². The van der Waals surface area contributed by atoms with Crippen LogP contribution in [0.5, 0.6) is 0 Å². The zero-order valence-electron chi connectivity index (χ0n) is 13.2. The molecule has 3 rings (SSSR count). The van der Waals surface area contributed by atoms with Crippen LogP contribution in [0.1, 0.15) is 53.6 Å². The minimum atomic E-state index is -1.31. The van der Waals surface area contributed by atoms with Gasteiger partial charge < -0.3 is 24.0 Å². The molecule has 0 aromatic carbocycles. The molecule has 124 valence electrons. The standard InChI is InChI=1S/C16H20N2O5/c1-10-5-6-12(23-10)16(2,20)8-17-15(19)13-14(22-9-18-13)11-4-3-7-21-11/h5-6,9,11,20H,3-4,7-8H2,1-2H3,(H,17,19). The number of oxazole rings is 1. The number of amides is 1. The highest BCUT2D eigenvalue weighted by molar-refractivity contribution is 5.93. The molecule has 1 saturated heterocycles. The molecular formula is C16H20N2O5. The smallest absolute Gasteiger partial charge is 0.273 e. The summed E-state index contributed by atoms with van der Waals surface area (Å²) in [5.41, 5.74) is -1.11. The summed E-state index contributed by atoms with van der Waals surface area (Å²) in [4.78, 5) is 16.3. The Balaban J connectivity index is 1.67. The fourth-order valence-corrected chi connectivity index (χ4v) is 2.59. The first-order valence-electron chi connectivity index (χ1n) is 7.60. The van der Waals surface area contributed by atoms with E-state index < -0.39 is 11.5 Å². The first-order valence-corrected chi connectivity index (χ1v) is 7.60. The molecule has 23 heavy (non-hydrogen) atoms. The van der Waals surface area contributed by atoms with Crippen LogP contribution in [0.2, 0.25) is 0 Å². The van der Waals surface area contributed by atoms with Crippen LogP contribution < -0.4 is 5.32 Å². The average Bonchev–Trinajstić information content (AvgIpc) is 3.24. The molecule has 0 radical (unpaired) electrons. The molecule has 2 N–H and O–H groups in total. The van der Waals surface area contributed by atoms with E-state index in [0.717, 1.165) is 12.8 Å². The predicted molar refractivity (Wildman–Crippen MR) is 79.8 cm³/mol. The summed E-state index contributed by atoms with van der Waals surface area (Å²) in [6.45, 7) is 4.02. The maximum Gasteiger partial charge on any atom is 0.273 e. The number of ether oxygens (including phenoxy) is 1. The highest BCUT2D eigenvalue weighted by atomic mass is 16.5. The molecule has 0 aliphatic carbocycles. The van der Waals surface area contributed by atoms with Gasteiger partial charge in [0.2, 0.25) is 0 Å². The number of furan rings is 1. The van der Waals surface area contributed by atoms with Crippen LogP contribution >= 0.6 is 0 Å². The summed E-state index contributed by atoms with van der Waals surface area (Å²) in [5.74, 6) is 1.12. The first kappa shape index (κ1) is 15.8. The maximum absolute atomic E-state index is 12.3. The molecule has 0 spiro atoms. The van der Waals surface area contributed by atoms with E-state index in [-0.39, 0.29) is 18.3 Å². The Hall–Kier alpha value is -2.12. The molecule has 3 heterocycles. The van der Waals surface area contributed by atoms with Gasteiger partial charge in [0.1, 0.15) is 23.2 Å². The lowest BCUT2D eigenvalue weighted by Gasteiger charge is -2.21. The molecule has 1 aliphatic heterocycles. The van der Waals surface area contributed by atoms with E-state index >= 15 is 0 Å². The van der Waals surface area contributed by atoms with Crippen molar-refractivity contribution >= 4 is 5.91 Å². The van der Waals surface area contributed by atoms with Crippen molar-refractivity contribution in [3.05, 3.63) is 41.5 Å². The number of hydrogen-bond acceptors (Lipinski definition) is 6. The van der Waals surface area contributed by atoms with E-state index in [2.05, 4.69) is 10.3 Å². The minimum Gasteiger partial charge on any atom is -0.463 e. The van der Waals surface area contributed by atoms with E-state index in [1.54, 1.807) is 26.0 Å². The predicted octanol–water partition coefficient (Wildman–Crippen LogP) is 2.07. The molecule has 2 aromatic rings. The summed E-state index contributed by atoms with van der Waals surface area (Å²) in [6, 6.07) is 3.45. The molecular weight excluding hydrogens is 300 g/mol. The van der Waals surface area contributed by atoms with Gasteiger partial charge in [-0.05, 0) is 38.8 Å². The van der Waals surface area contributed by atoms with Gasteiger partial charge in [0.15, 0.2) is 17.8 Å². The van der Waals surface area contributed by atoms with Gasteiger partial charge in [-0.3, -0.25) is 4.79 Å². The number of nitrogens with one attached hydrogen (secondary N) is 1. The lowest BCUT2D eigenvalue weighted by atomic mass is 10.0. The molecule has 1 amide bonds. The van der Waals surface area contributed by atoms with Gasteiger partial charge in [0.05, 0.1) is 6.54 Å². The summed E-state index contributed by atoms with van der Waals surface area (Å²) < 4.78 is 16.3. The Morgan fingerprint density at radius 3 is 3.00 bits per heavy atom. The van der Waals surface area contributed by atoms with Gasteiger partial charge in [0.25, 0.3) is 5.91 Å². The minimum absolute atomic E-state index is 0.00336. The second-order valence-electron chi connectivity index (χ2n) is 5.93. The SMILES string of the molecule is Cc1ccc(C(C)(O)CNC(=O)c2ncoc2C2CCCO2)o1. The second kappa shape index (κ2) is 6.17. The van der Waals surface area contributed by atoms with Crippen molar-refractivity contribution < 1.29 is 23.5 Å². The number of rotatable bonds is 5. The van der Waals surface area contributed by atoms with Crippen LogP contribution in [0.4, 0.5) is 0 Å². The Morgan fingerprint density at radius 1 is 1.52 bits per heavy atom. The Labute approximate surface area is 133 Å². The third kappa shape index (κ3) is 3.30. The van der Waals surface area contributed by atoms with E-state index in [0.29, 0.717) is 23.9 Å². The Kier molecular flexibility index (Phi) is 4.23. The van der Waals surface area contributed by atoms with Crippen molar-refractivity contribution in [3.8, 4) is 0 Å². The van der Waals surface area contributed by atoms with Crippen molar-refractivity contribution in [2.75, 3.05) is 13.2 Å². The topological polar surface area (TPSA) is 97.7 Å². The van der Waals surface area contributed by atoms with Gasteiger partial charge in [-0.2, -0.15) is 0 Å². The van der Waals surface area contributed by atoms with Crippen LogP contribution in [-0.2, 0) is 10.3 Å². The van der Waals surface area contributed by atoms with Crippen molar-refractivity contribution in [1.29, 1.82) is 0 Å². The zero-order valence-corrected chi connectivity index (χ0v) is 13.2. The molecule has 2 unspecified atom stereocenters. The molecule has 1 fully saturated rings. The largest absolute Gasteiger partial charge is 0.463 e. The van der Waals surface area contributed by atoms with E-state index in [9.17, 15) is 9.90 Å². The highest BCUT2D eigenvalue weighted by Gasteiger charge is 2.31. The van der Waals surface area contributed by atoms with Crippen molar-refractivity contribution in [3.63, 3.8) is 0 Å².